The van der Waals surface area contributed by atoms with Crippen LogP contribution in [0.25, 0.3) is 11.1 Å². The molecule has 0 aromatic carbocycles. The van der Waals surface area contributed by atoms with E-state index in [2.05, 4.69) is 9.97 Å². The highest BCUT2D eigenvalue weighted by Gasteiger charge is 2.59. The molecule has 6 atom stereocenters. The highest BCUT2D eigenvalue weighted by molar-refractivity contribution is 5.81. The molecule has 2 amide bonds. The first-order valence-corrected chi connectivity index (χ1v) is 12.6. The van der Waals surface area contributed by atoms with Crippen molar-refractivity contribution in [2.75, 3.05) is 13.1 Å². The number of nitrogens with two attached hydrogens (primary N) is 1. The number of hydrogen-bond donors (Lipinski definition) is 1. The molecule has 0 radical (unpaired) electrons. The molecule has 4 aliphatic carbocycles. The van der Waals surface area contributed by atoms with Crippen molar-refractivity contribution in [2.45, 2.75) is 50.5 Å². The second kappa shape index (κ2) is 8.17. The predicted molar refractivity (Wildman–Crippen MR) is 127 cm³/mol. The zero-order valence-corrected chi connectivity index (χ0v) is 19.9. The number of likely N-dealkylation sites (tertiary alicyclic amines) is 1. The summed E-state index contributed by atoms with van der Waals surface area (Å²) in [5.41, 5.74) is 6.89. The third-order valence-corrected chi connectivity index (χ3v) is 8.87. The van der Waals surface area contributed by atoms with Crippen molar-refractivity contribution in [3.63, 3.8) is 0 Å². The molecule has 4 unspecified atom stereocenters. The van der Waals surface area contributed by atoms with E-state index in [1.807, 2.05) is 6.07 Å². The molecule has 35 heavy (non-hydrogen) atoms. The van der Waals surface area contributed by atoms with Gasteiger partial charge in [0.25, 0.3) is 5.56 Å². The fourth-order valence-electron chi connectivity index (χ4n) is 7.23. The summed E-state index contributed by atoms with van der Waals surface area (Å²) < 4.78 is 7.60. The van der Waals surface area contributed by atoms with Crippen molar-refractivity contribution in [2.24, 2.45) is 36.0 Å². The van der Waals surface area contributed by atoms with Gasteiger partial charge >= 0.3 is 6.09 Å². The van der Waals surface area contributed by atoms with Crippen LogP contribution in [0.3, 0.4) is 0 Å². The van der Waals surface area contributed by atoms with Crippen LogP contribution in [0.2, 0.25) is 0 Å². The van der Waals surface area contributed by atoms with Crippen LogP contribution in [0.1, 0.15) is 50.3 Å². The molecule has 184 valence electrons. The molecule has 5 fully saturated rings. The predicted octanol–water partition coefficient (Wildman–Crippen LogP) is 2.45. The minimum absolute atomic E-state index is 0.0527. The van der Waals surface area contributed by atoms with Gasteiger partial charge in [-0.25, -0.2) is 14.8 Å². The third kappa shape index (κ3) is 3.81. The minimum Gasteiger partial charge on any atom is -0.446 e. The van der Waals surface area contributed by atoms with Gasteiger partial charge in [-0.1, -0.05) is 0 Å². The van der Waals surface area contributed by atoms with Gasteiger partial charge in [0, 0.05) is 56.3 Å². The SMILES string of the molecule is Cn1ccc(-c2cnc(C3CCN(C(=O)OC4C5CC6C[C@H]4C[C@@](C(N)=O)(C6)C5)C3)nc2)cc1=O. The quantitative estimate of drug-likeness (QED) is 0.722. The van der Waals surface area contributed by atoms with Gasteiger partial charge in [0.1, 0.15) is 11.9 Å². The zero-order valence-electron chi connectivity index (χ0n) is 19.9. The summed E-state index contributed by atoms with van der Waals surface area (Å²) in [5.74, 6) is 1.58. The maximum atomic E-state index is 13.1. The van der Waals surface area contributed by atoms with Crippen LogP contribution in [0.15, 0.2) is 35.5 Å². The second-order valence-electron chi connectivity index (χ2n) is 11.1. The number of primary amides is 1. The molecule has 9 nitrogen and oxygen atoms in total. The van der Waals surface area contributed by atoms with Crippen LogP contribution >= 0.6 is 0 Å². The summed E-state index contributed by atoms with van der Waals surface area (Å²) in [6, 6.07) is 3.43. The molecular weight excluding hydrogens is 446 g/mol. The van der Waals surface area contributed by atoms with E-state index in [0.29, 0.717) is 24.8 Å². The smallest absolute Gasteiger partial charge is 0.410 e. The lowest BCUT2D eigenvalue weighted by atomic mass is 9.48. The average Bonchev–Trinajstić information content (AvgIpc) is 3.33. The van der Waals surface area contributed by atoms with Crippen LogP contribution in [0.4, 0.5) is 4.79 Å². The summed E-state index contributed by atoms with van der Waals surface area (Å²) in [4.78, 5) is 48.0. The van der Waals surface area contributed by atoms with Crippen molar-refractivity contribution in [3.8, 4) is 11.1 Å². The normalized spacial score (nSPS) is 33.2. The fourth-order valence-corrected chi connectivity index (χ4v) is 7.23. The van der Waals surface area contributed by atoms with Crippen molar-refractivity contribution < 1.29 is 14.3 Å². The maximum absolute atomic E-state index is 13.1. The number of pyridine rings is 1. The number of nitrogens with zero attached hydrogens (tertiary/aromatic N) is 4. The van der Waals surface area contributed by atoms with Gasteiger partial charge in [-0.2, -0.15) is 0 Å². The standard InChI is InChI=1S/C26H31N5O4/c1-30-4-2-16(8-21(30)32)20-12-28-23(29-13-20)17-3-5-31(14-17)25(34)35-22-18-6-15-7-19(22)11-26(9-15,10-18)24(27)33/h2,4,8,12-13,15,17-19,22H,3,5-7,9-11,14H2,1H3,(H2,27,33)/t15?,17?,18-,19?,22?,26-/m0/s1. The Balaban J connectivity index is 1.09. The first-order valence-electron chi connectivity index (χ1n) is 12.6. The molecule has 2 N–H and O–H groups in total. The molecule has 1 saturated heterocycles. The third-order valence-electron chi connectivity index (χ3n) is 8.87. The number of carbonyl (C=O) groups is 2. The van der Waals surface area contributed by atoms with Gasteiger partial charge in [0.05, 0.1) is 5.41 Å². The Morgan fingerprint density at radius 1 is 1.11 bits per heavy atom. The van der Waals surface area contributed by atoms with Crippen LogP contribution < -0.4 is 11.3 Å². The summed E-state index contributed by atoms with van der Waals surface area (Å²) in [5, 5.41) is 0. The van der Waals surface area contributed by atoms with Crippen LogP contribution in [0, 0.1) is 23.2 Å². The molecule has 2 aromatic heterocycles. The Kier molecular flexibility index (Phi) is 5.19. The highest BCUT2D eigenvalue weighted by Crippen LogP contribution is 2.60. The van der Waals surface area contributed by atoms with Gasteiger partial charge in [-0.05, 0) is 67.9 Å². The monoisotopic (exact) mass is 477 g/mol. The van der Waals surface area contributed by atoms with E-state index in [-0.39, 0.29) is 46.8 Å². The number of hydrogen-bond acceptors (Lipinski definition) is 6. The van der Waals surface area contributed by atoms with Gasteiger partial charge in [-0.3, -0.25) is 9.59 Å². The summed E-state index contributed by atoms with van der Waals surface area (Å²) in [6.45, 7) is 1.14. The number of aromatic nitrogens is 3. The molecule has 1 aliphatic heterocycles. The van der Waals surface area contributed by atoms with E-state index >= 15 is 0 Å². The lowest BCUT2D eigenvalue weighted by Gasteiger charge is -2.58. The van der Waals surface area contributed by atoms with E-state index in [1.165, 1.54) is 4.57 Å². The van der Waals surface area contributed by atoms with E-state index in [0.717, 1.165) is 49.7 Å². The Morgan fingerprint density at radius 2 is 1.83 bits per heavy atom. The van der Waals surface area contributed by atoms with Crippen molar-refractivity contribution in [1.82, 2.24) is 19.4 Å². The van der Waals surface area contributed by atoms with Gasteiger partial charge in [-0.15, -0.1) is 0 Å². The summed E-state index contributed by atoms with van der Waals surface area (Å²) in [6.07, 6.45) is 10.1. The van der Waals surface area contributed by atoms with Crippen molar-refractivity contribution in [3.05, 3.63) is 46.9 Å². The molecule has 3 heterocycles. The largest absolute Gasteiger partial charge is 0.446 e. The Labute approximate surface area is 203 Å². The van der Waals surface area contributed by atoms with Crippen molar-refractivity contribution >= 4 is 12.0 Å². The number of rotatable bonds is 4. The molecule has 9 heteroatoms. The summed E-state index contributed by atoms with van der Waals surface area (Å²) in [7, 11) is 1.71. The number of carbonyl (C=O) groups excluding carboxylic acids is 2. The lowest BCUT2D eigenvalue weighted by molar-refractivity contribution is -0.161. The molecule has 4 saturated carbocycles. The van der Waals surface area contributed by atoms with Gasteiger partial charge < -0.3 is 19.9 Å². The van der Waals surface area contributed by atoms with Crippen LogP contribution in [-0.4, -0.2) is 50.6 Å². The first-order chi connectivity index (χ1) is 16.8. The minimum atomic E-state index is -0.381. The molecular formula is C26H31N5O4. The van der Waals surface area contributed by atoms with E-state index in [4.69, 9.17) is 10.5 Å². The Morgan fingerprint density at radius 3 is 2.49 bits per heavy atom. The van der Waals surface area contributed by atoms with E-state index in [9.17, 15) is 14.4 Å². The first kappa shape index (κ1) is 22.2. The number of ether oxygens (including phenoxy) is 1. The lowest BCUT2D eigenvalue weighted by Crippen LogP contribution is -2.59. The maximum Gasteiger partial charge on any atom is 0.410 e. The topological polar surface area (TPSA) is 120 Å². The second-order valence-corrected chi connectivity index (χ2v) is 11.1. The molecule has 2 aromatic rings. The molecule has 4 bridgehead atoms. The highest BCUT2D eigenvalue weighted by atomic mass is 16.6. The summed E-state index contributed by atoms with van der Waals surface area (Å²) >= 11 is 0. The van der Waals surface area contributed by atoms with Crippen LogP contribution in [-0.2, 0) is 16.6 Å². The van der Waals surface area contributed by atoms with Gasteiger partial charge in [0.15, 0.2) is 0 Å². The van der Waals surface area contributed by atoms with E-state index in [1.54, 1.807) is 36.6 Å². The van der Waals surface area contributed by atoms with Crippen LogP contribution in [0.5, 0.6) is 0 Å². The average molecular weight is 478 g/mol. The Hall–Kier alpha value is -3.23. The van der Waals surface area contributed by atoms with E-state index < -0.39 is 0 Å². The molecule has 7 rings (SSSR count). The molecule has 5 aliphatic rings. The number of aryl methyl sites for hydroxylation is 1. The molecule has 0 spiro atoms. The van der Waals surface area contributed by atoms with Gasteiger partial charge in [0.2, 0.25) is 5.91 Å². The Bertz CT molecular complexity index is 1210. The number of amides is 2. The fraction of sp³-hybridized carbons (Fsp3) is 0.577. The van der Waals surface area contributed by atoms with Crippen molar-refractivity contribution in [1.29, 1.82) is 0 Å². The zero-order chi connectivity index (χ0) is 24.3.